The van der Waals surface area contributed by atoms with Crippen LogP contribution in [0.1, 0.15) is 46.1 Å². The Bertz CT molecular complexity index is 1290. The van der Waals surface area contributed by atoms with Crippen LogP contribution >= 0.6 is 0 Å². The van der Waals surface area contributed by atoms with Gasteiger partial charge in [-0.15, -0.1) is 0 Å². The Labute approximate surface area is 173 Å². The van der Waals surface area contributed by atoms with Gasteiger partial charge in [-0.1, -0.05) is 5.16 Å². The minimum Gasteiger partial charge on any atom is -0.336 e. The van der Waals surface area contributed by atoms with E-state index in [0.717, 1.165) is 25.0 Å². The Morgan fingerprint density at radius 3 is 2.74 bits per heavy atom. The summed E-state index contributed by atoms with van der Waals surface area (Å²) in [5, 5.41) is 11.0. The van der Waals surface area contributed by atoms with Crippen LogP contribution in [-0.4, -0.2) is 25.8 Å². The van der Waals surface area contributed by atoms with E-state index in [-0.39, 0.29) is 22.9 Å². The molecule has 0 unspecified atom stereocenters. The average Bonchev–Trinajstić information content (AvgIpc) is 3.31. The van der Waals surface area contributed by atoms with Gasteiger partial charge in [0.1, 0.15) is 0 Å². The third kappa shape index (κ3) is 3.54. The van der Waals surface area contributed by atoms with Gasteiger partial charge < -0.3 is 9.84 Å². The Kier molecular flexibility index (Phi) is 4.31. The first kappa shape index (κ1) is 19.3. The summed E-state index contributed by atoms with van der Waals surface area (Å²) in [5.74, 6) is -0.331. The number of carbonyl (C=O) groups excluding carboxylic acids is 1. The van der Waals surface area contributed by atoms with Crippen molar-refractivity contribution in [3.8, 4) is 5.69 Å². The summed E-state index contributed by atoms with van der Waals surface area (Å²) in [7, 11) is 0. The molecular weight excluding hydrogens is 411 g/mol. The number of aryl methyl sites for hydroxylation is 1. The van der Waals surface area contributed by atoms with Crippen molar-refractivity contribution in [2.75, 3.05) is 5.32 Å². The van der Waals surface area contributed by atoms with Gasteiger partial charge in [0.2, 0.25) is 0 Å². The summed E-state index contributed by atoms with van der Waals surface area (Å²) < 4.78 is 46.6. The predicted molar refractivity (Wildman–Crippen MR) is 105 cm³/mol. The zero-order valence-electron chi connectivity index (χ0n) is 16.3. The van der Waals surface area contributed by atoms with Crippen LogP contribution in [0, 0.1) is 6.92 Å². The molecule has 10 heteroatoms. The lowest BCUT2D eigenvalue weighted by molar-refractivity contribution is -0.137. The summed E-state index contributed by atoms with van der Waals surface area (Å²) in [5.41, 5.74) is 1.10. The average molecular weight is 427 g/mol. The van der Waals surface area contributed by atoms with E-state index in [2.05, 4.69) is 20.6 Å². The smallest absolute Gasteiger partial charge is 0.336 e. The summed E-state index contributed by atoms with van der Waals surface area (Å²) in [6.07, 6.45) is 0.445. The zero-order chi connectivity index (χ0) is 21.8. The summed E-state index contributed by atoms with van der Waals surface area (Å²) >= 11 is 0. The van der Waals surface area contributed by atoms with Crippen molar-refractivity contribution in [1.82, 2.24) is 19.9 Å². The summed E-state index contributed by atoms with van der Waals surface area (Å²) in [4.78, 5) is 17.7. The molecule has 1 fully saturated rings. The number of nitrogens with zero attached hydrogens (tertiary/aromatic N) is 4. The highest BCUT2D eigenvalue weighted by Crippen LogP contribution is 2.41. The second-order valence-electron chi connectivity index (χ2n) is 7.45. The Hall–Kier alpha value is -3.69. The van der Waals surface area contributed by atoms with Gasteiger partial charge in [-0.05, 0) is 50.1 Å². The molecule has 1 aromatic carbocycles. The van der Waals surface area contributed by atoms with Crippen LogP contribution in [0.2, 0.25) is 0 Å². The number of pyridine rings is 1. The fourth-order valence-electron chi connectivity index (χ4n) is 3.49. The van der Waals surface area contributed by atoms with E-state index in [1.165, 1.54) is 16.9 Å². The van der Waals surface area contributed by atoms with Gasteiger partial charge in [0.05, 0.1) is 33.6 Å². The van der Waals surface area contributed by atoms with Crippen LogP contribution in [0.5, 0.6) is 0 Å². The minimum atomic E-state index is -4.56. The van der Waals surface area contributed by atoms with Crippen molar-refractivity contribution in [3.63, 3.8) is 0 Å². The van der Waals surface area contributed by atoms with E-state index in [9.17, 15) is 18.0 Å². The molecule has 0 spiro atoms. The molecule has 0 bridgehead atoms. The van der Waals surface area contributed by atoms with E-state index in [0.29, 0.717) is 22.5 Å². The zero-order valence-corrected chi connectivity index (χ0v) is 16.3. The lowest BCUT2D eigenvalue weighted by atomic mass is 10.1. The number of hydrogen-bond donors (Lipinski definition) is 1. The number of nitrogens with one attached hydrogen (secondary N) is 1. The van der Waals surface area contributed by atoms with Gasteiger partial charge in [0.25, 0.3) is 11.6 Å². The van der Waals surface area contributed by atoms with Crippen molar-refractivity contribution in [1.29, 1.82) is 0 Å². The molecule has 3 aromatic heterocycles. The number of aromatic nitrogens is 4. The number of alkyl halides is 3. The standard InChI is InChI=1S/C21H16F3N5O2/c1-11-18-14(10-15(12-3-4-12)27-20(18)31-28-11)19(30)26-16-9-13(21(22,23)24)5-6-17(16)29-8-2-7-25-29/h2,5-10,12H,3-4H2,1H3,(H,26,30). The molecule has 31 heavy (non-hydrogen) atoms. The monoisotopic (exact) mass is 427 g/mol. The van der Waals surface area contributed by atoms with E-state index in [1.54, 1.807) is 25.3 Å². The van der Waals surface area contributed by atoms with Crippen LogP contribution in [-0.2, 0) is 6.18 Å². The lowest BCUT2D eigenvalue weighted by Crippen LogP contribution is -2.16. The molecule has 0 radical (unpaired) electrons. The first-order valence-corrected chi connectivity index (χ1v) is 9.61. The second kappa shape index (κ2) is 6.93. The highest BCUT2D eigenvalue weighted by atomic mass is 19.4. The maximum atomic E-state index is 13.3. The maximum Gasteiger partial charge on any atom is 0.416 e. The third-order valence-corrected chi connectivity index (χ3v) is 5.20. The van der Waals surface area contributed by atoms with Gasteiger partial charge in [0, 0.05) is 24.0 Å². The Balaban J connectivity index is 1.60. The van der Waals surface area contributed by atoms with Gasteiger partial charge >= 0.3 is 6.18 Å². The molecule has 0 atom stereocenters. The maximum absolute atomic E-state index is 13.3. The number of rotatable bonds is 4. The number of amides is 1. The lowest BCUT2D eigenvalue weighted by Gasteiger charge is -2.15. The molecule has 3 heterocycles. The van der Waals surface area contributed by atoms with Crippen molar-refractivity contribution in [2.45, 2.75) is 31.9 Å². The Morgan fingerprint density at radius 2 is 2.06 bits per heavy atom. The molecule has 4 aromatic rings. The largest absolute Gasteiger partial charge is 0.416 e. The molecule has 5 rings (SSSR count). The molecule has 1 N–H and O–H groups in total. The van der Waals surface area contributed by atoms with Crippen molar-refractivity contribution in [3.05, 3.63) is 65.2 Å². The SMILES string of the molecule is Cc1noc2nc(C3CC3)cc(C(=O)Nc3cc(C(F)(F)F)ccc3-n3cccn3)c12. The fraction of sp³-hybridized carbons (Fsp3) is 0.238. The molecule has 158 valence electrons. The van der Waals surface area contributed by atoms with Gasteiger partial charge in [-0.3, -0.25) is 4.79 Å². The normalized spacial score (nSPS) is 14.2. The summed E-state index contributed by atoms with van der Waals surface area (Å²) in [6, 6.07) is 6.43. The number of anilines is 1. The molecule has 0 aliphatic heterocycles. The van der Waals surface area contributed by atoms with Crippen LogP contribution in [0.15, 0.2) is 47.2 Å². The topological polar surface area (TPSA) is 85.8 Å². The number of hydrogen-bond acceptors (Lipinski definition) is 5. The van der Waals surface area contributed by atoms with Crippen molar-refractivity contribution < 1.29 is 22.5 Å². The van der Waals surface area contributed by atoms with E-state index >= 15 is 0 Å². The molecular formula is C21H16F3N5O2. The highest BCUT2D eigenvalue weighted by molar-refractivity contribution is 6.13. The van der Waals surface area contributed by atoms with E-state index in [1.807, 2.05) is 0 Å². The van der Waals surface area contributed by atoms with E-state index < -0.39 is 17.6 Å². The molecule has 1 aliphatic rings. The predicted octanol–water partition coefficient (Wildman–Crippen LogP) is 4.87. The highest BCUT2D eigenvalue weighted by Gasteiger charge is 2.32. The van der Waals surface area contributed by atoms with Crippen LogP contribution < -0.4 is 5.32 Å². The van der Waals surface area contributed by atoms with Gasteiger partial charge in [-0.25, -0.2) is 9.67 Å². The number of benzene rings is 1. The number of halogens is 3. The van der Waals surface area contributed by atoms with Crippen LogP contribution in [0.3, 0.4) is 0 Å². The van der Waals surface area contributed by atoms with E-state index in [4.69, 9.17) is 4.52 Å². The molecule has 1 amide bonds. The fourth-order valence-corrected chi connectivity index (χ4v) is 3.49. The van der Waals surface area contributed by atoms with Crippen LogP contribution in [0.25, 0.3) is 16.8 Å². The third-order valence-electron chi connectivity index (χ3n) is 5.20. The van der Waals surface area contributed by atoms with Crippen molar-refractivity contribution in [2.24, 2.45) is 0 Å². The number of carbonyl (C=O) groups is 1. The molecule has 1 saturated carbocycles. The molecule has 1 aliphatic carbocycles. The quantitative estimate of drug-likeness (QED) is 0.502. The van der Waals surface area contributed by atoms with Gasteiger partial charge in [0.15, 0.2) is 0 Å². The molecule has 7 nitrogen and oxygen atoms in total. The first-order chi connectivity index (χ1) is 14.8. The second-order valence-corrected chi connectivity index (χ2v) is 7.45. The van der Waals surface area contributed by atoms with Crippen molar-refractivity contribution >= 4 is 22.7 Å². The van der Waals surface area contributed by atoms with Gasteiger partial charge in [-0.2, -0.15) is 18.3 Å². The first-order valence-electron chi connectivity index (χ1n) is 9.61. The molecule has 0 saturated heterocycles. The Morgan fingerprint density at radius 1 is 1.26 bits per heavy atom. The van der Waals surface area contributed by atoms with Crippen LogP contribution in [0.4, 0.5) is 18.9 Å². The number of fused-ring (bicyclic) bond motifs is 1. The summed E-state index contributed by atoms with van der Waals surface area (Å²) in [6.45, 7) is 1.68. The minimum absolute atomic E-state index is 0.0180.